The van der Waals surface area contributed by atoms with Gasteiger partial charge in [0.2, 0.25) is 10.0 Å². The van der Waals surface area contributed by atoms with Crippen molar-refractivity contribution >= 4 is 37.4 Å². The molecular weight excluding hydrogens is 248 g/mol. The molecule has 86 valence electrons. The van der Waals surface area contributed by atoms with E-state index in [4.69, 9.17) is 5.14 Å². The number of hydrogen-bond acceptors (Lipinski definition) is 6. The molecule has 0 aliphatic heterocycles. The van der Waals surface area contributed by atoms with Crippen LogP contribution in [-0.2, 0) is 10.0 Å². The van der Waals surface area contributed by atoms with Gasteiger partial charge in [-0.25, -0.2) is 23.5 Å². The average Bonchev–Trinajstić information content (AvgIpc) is 2.64. The summed E-state index contributed by atoms with van der Waals surface area (Å²) in [7, 11) is -3.44. The summed E-state index contributed by atoms with van der Waals surface area (Å²) in [5, 5.41) is 9.73. The Morgan fingerprint density at radius 3 is 3.00 bits per heavy atom. The molecule has 0 radical (unpaired) electrons. The predicted octanol–water partition coefficient (Wildman–Crippen LogP) is 0.392. The maximum atomic E-state index is 10.7. The van der Waals surface area contributed by atoms with E-state index < -0.39 is 10.0 Å². The van der Waals surface area contributed by atoms with E-state index in [1.54, 1.807) is 0 Å². The van der Waals surface area contributed by atoms with Gasteiger partial charge >= 0.3 is 0 Å². The molecule has 3 N–H and O–H groups in total. The van der Waals surface area contributed by atoms with E-state index in [9.17, 15) is 8.42 Å². The van der Waals surface area contributed by atoms with Gasteiger partial charge in [-0.15, -0.1) is 11.3 Å². The van der Waals surface area contributed by atoms with E-state index in [1.165, 1.54) is 17.7 Å². The van der Waals surface area contributed by atoms with Crippen LogP contribution in [0.15, 0.2) is 17.8 Å². The number of nitrogens with two attached hydrogens (primary N) is 1. The first kappa shape index (κ1) is 11.2. The van der Waals surface area contributed by atoms with Crippen LogP contribution in [0.1, 0.15) is 0 Å². The molecular formula is C8H10N4O2S2. The van der Waals surface area contributed by atoms with E-state index in [2.05, 4.69) is 15.3 Å². The maximum Gasteiger partial charge on any atom is 0.210 e. The van der Waals surface area contributed by atoms with E-state index in [-0.39, 0.29) is 12.3 Å². The lowest BCUT2D eigenvalue weighted by molar-refractivity contribution is 0.598. The molecule has 0 aliphatic rings. The first-order valence-electron chi connectivity index (χ1n) is 4.49. The fraction of sp³-hybridized carbons (Fsp3) is 0.250. The highest BCUT2D eigenvalue weighted by molar-refractivity contribution is 7.89. The molecule has 2 aromatic heterocycles. The van der Waals surface area contributed by atoms with Crippen LogP contribution < -0.4 is 10.5 Å². The first-order chi connectivity index (χ1) is 7.56. The lowest BCUT2D eigenvalue weighted by Crippen LogP contribution is -2.22. The van der Waals surface area contributed by atoms with Crippen molar-refractivity contribution in [2.24, 2.45) is 5.14 Å². The standard InChI is InChI=1S/C8H10N4O2S2/c9-16(13,14)4-2-10-8-7-6(1-3-15-7)11-5-12-8/h1,3,5H,2,4H2,(H2,9,13,14)(H,10,11,12). The summed E-state index contributed by atoms with van der Waals surface area (Å²) >= 11 is 1.50. The number of nitrogens with zero attached hydrogens (tertiary/aromatic N) is 2. The Morgan fingerprint density at radius 2 is 2.25 bits per heavy atom. The Bertz CT molecular complexity index is 593. The van der Waals surface area contributed by atoms with Gasteiger partial charge in [-0.1, -0.05) is 0 Å². The number of primary sulfonamides is 1. The van der Waals surface area contributed by atoms with Crippen LogP contribution in [0.2, 0.25) is 0 Å². The Hall–Kier alpha value is -1.25. The smallest absolute Gasteiger partial charge is 0.210 e. The van der Waals surface area contributed by atoms with Crippen LogP contribution >= 0.6 is 11.3 Å². The van der Waals surface area contributed by atoms with Crippen LogP contribution in [-0.4, -0.2) is 30.7 Å². The van der Waals surface area contributed by atoms with Crippen molar-refractivity contribution in [3.05, 3.63) is 17.8 Å². The number of nitrogens with one attached hydrogen (secondary N) is 1. The Labute approximate surface area is 96.6 Å². The molecule has 0 unspecified atom stereocenters. The highest BCUT2D eigenvalue weighted by Crippen LogP contribution is 2.24. The van der Waals surface area contributed by atoms with Gasteiger partial charge in [-0.2, -0.15) is 0 Å². The van der Waals surface area contributed by atoms with Gasteiger partial charge in [0, 0.05) is 6.54 Å². The fourth-order valence-corrected chi connectivity index (χ4v) is 2.42. The number of rotatable bonds is 4. The number of thiophene rings is 1. The number of hydrogen-bond donors (Lipinski definition) is 2. The molecule has 6 nitrogen and oxygen atoms in total. The predicted molar refractivity (Wildman–Crippen MR) is 63.9 cm³/mol. The van der Waals surface area contributed by atoms with Gasteiger partial charge in [-0.3, -0.25) is 0 Å². The number of fused-ring (bicyclic) bond motifs is 1. The SMILES string of the molecule is NS(=O)(=O)CCNc1ncnc2ccsc12. The second-order valence-electron chi connectivity index (χ2n) is 3.15. The molecule has 0 amide bonds. The highest BCUT2D eigenvalue weighted by Gasteiger charge is 2.06. The van der Waals surface area contributed by atoms with Crippen LogP contribution in [0, 0.1) is 0 Å². The van der Waals surface area contributed by atoms with Crippen molar-refractivity contribution < 1.29 is 8.42 Å². The number of anilines is 1. The maximum absolute atomic E-state index is 10.7. The molecule has 2 aromatic rings. The fourth-order valence-electron chi connectivity index (χ4n) is 1.23. The minimum atomic E-state index is -3.44. The second kappa shape index (κ2) is 4.32. The average molecular weight is 258 g/mol. The monoisotopic (exact) mass is 258 g/mol. The molecule has 0 saturated heterocycles. The summed E-state index contributed by atoms with van der Waals surface area (Å²) in [6, 6.07) is 1.88. The van der Waals surface area contributed by atoms with Crippen LogP contribution in [0.5, 0.6) is 0 Å². The summed E-state index contributed by atoms with van der Waals surface area (Å²) in [6.07, 6.45) is 1.44. The number of aromatic nitrogens is 2. The summed E-state index contributed by atoms with van der Waals surface area (Å²) in [6.45, 7) is 0.239. The van der Waals surface area contributed by atoms with Crippen molar-refractivity contribution in [3.8, 4) is 0 Å². The normalized spacial score (nSPS) is 11.8. The van der Waals surface area contributed by atoms with Crippen LogP contribution in [0.4, 0.5) is 5.82 Å². The summed E-state index contributed by atoms with van der Waals surface area (Å²) in [5.74, 6) is 0.521. The van der Waals surface area contributed by atoms with Crippen molar-refractivity contribution in [2.75, 3.05) is 17.6 Å². The van der Waals surface area contributed by atoms with E-state index in [1.807, 2.05) is 11.4 Å². The summed E-state index contributed by atoms with van der Waals surface area (Å²) in [5.41, 5.74) is 0.845. The van der Waals surface area contributed by atoms with Gasteiger partial charge < -0.3 is 5.32 Å². The molecule has 16 heavy (non-hydrogen) atoms. The van der Waals surface area contributed by atoms with E-state index >= 15 is 0 Å². The Kier molecular flexibility index (Phi) is 3.03. The minimum Gasteiger partial charge on any atom is -0.368 e. The number of sulfonamides is 1. The lowest BCUT2D eigenvalue weighted by atomic mass is 10.4. The zero-order chi connectivity index (χ0) is 11.6. The third-order valence-corrected chi connectivity index (χ3v) is 3.61. The van der Waals surface area contributed by atoms with Gasteiger partial charge in [0.15, 0.2) is 0 Å². The molecule has 0 bridgehead atoms. The zero-order valence-corrected chi connectivity index (χ0v) is 9.88. The first-order valence-corrected chi connectivity index (χ1v) is 7.08. The van der Waals surface area contributed by atoms with Gasteiger partial charge in [-0.05, 0) is 11.4 Å². The topological polar surface area (TPSA) is 98.0 Å². The van der Waals surface area contributed by atoms with Crippen molar-refractivity contribution in [2.45, 2.75) is 0 Å². The lowest BCUT2D eigenvalue weighted by Gasteiger charge is -2.04. The molecule has 0 aromatic carbocycles. The third-order valence-electron chi connectivity index (χ3n) is 1.92. The molecule has 2 heterocycles. The second-order valence-corrected chi connectivity index (χ2v) is 5.80. The van der Waals surface area contributed by atoms with Crippen molar-refractivity contribution in [1.82, 2.24) is 9.97 Å². The van der Waals surface area contributed by atoms with Gasteiger partial charge in [0.25, 0.3) is 0 Å². The Morgan fingerprint density at radius 1 is 1.44 bits per heavy atom. The quantitative estimate of drug-likeness (QED) is 0.826. The third kappa shape index (κ3) is 2.65. The minimum absolute atomic E-state index is 0.121. The highest BCUT2D eigenvalue weighted by atomic mass is 32.2. The van der Waals surface area contributed by atoms with Crippen LogP contribution in [0.3, 0.4) is 0 Å². The van der Waals surface area contributed by atoms with Crippen molar-refractivity contribution in [3.63, 3.8) is 0 Å². The Balaban J connectivity index is 2.12. The molecule has 0 fully saturated rings. The largest absolute Gasteiger partial charge is 0.368 e. The van der Waals surface area contributed by atoms with Crippen LogP contribution in [0.25, 0.3) is 10.2 Å². The molecule has 2 rings (SSSR count). The summed E-state index contributed by atoms with van der Waals surface area (Å²) in [4.78, 5) is 8.13. The molecule has 0 spiro atoms. The van der Waals surface area contributed by atoms with Gasteiger partial charge in [0.1, 0.15) is 12.1 Å². The molecule has 8 heteroatoms. The van der Waals surface area contributed by atoms with Gasteiger partial charge in [0.05, 0.1) is 16.0 Å². The molecule has 0 aliphatic carbocycles. The summed E-state index contributed by atoms with van der Waals surface area (Å²) < 4.78 is 22.4. The van der Waals surface area contributed by atoms with Crippen molar-refractivity contribution in [1.29, 1.82) is 0 Å². The molecule has 0 atom stereocenters. The molecule has 0 saturated carbocycles. The zero-order valence-electron chi connectivity index (χ0n) is 8.25. The van der Waals surface area contributed by atoms with E-state index in [0.717, 1.165) is 10.2 Å². The van der Waals surface area contributed by atoms with E-state index in [0.29, 0.717) is 5.82 Å².